The maximum atomic E-state index is 5.42. The molecule has 0 saturated carbocycles. The van der Waals surface area contributed by atoms with E-state index in [4.69, 9.17) is 12.2 Å². The maximum Gasteiger partial charge on any atom is 0.356 e. The first-order valence-electron chi connectivity index (χ1n) is 5.94. The highest BCUT2D eigenvalue weighted by Crippen LogP contribution is 2.33. The van der Waals surface area contributed by atoms with Crippen molar-refractivity contribution in [1.82, 2.24) is 4.98 Å². The second kappa shape index (κ2) is 5.60. The Bertz CT molecular complexity index is 510. The molecule has 0 aliphatic heterocycles. The van der Waals surface area contributed by atoms with Crippen LogP contribution < -0.4 is 0 Å². The van der Waals surface area contributed by atoms with E-state index >= 15 is 0 Å². The Kier molecular flexibility index (Phi) is 4.13. The fourth-order valence-corrected chi connectivity index (χ4v) is 4.52. The standard InChI is InChI=1S/C13H17NS2/c1-2-3-4-7-10-16-12-9-6-5-8-11(12)14-13(16)15/h5-6,8-9H,2-4,7,10H2,1H3/p+1. The molecule has 1 unspecified atom stereocenters. The van der Waals surface area contributed by atoms with Gasteiger partial charge in [-0.05, 0) is 29.0 Å². The van der Waals surface area contributed by atoms with Crippen LogP contribution in [0.25, 0.3) is 10.2 Å². The number of para-hydroxylation sites is 1. The first kappa shape index (κ1) is 11.8. The normalized spacial score (nSPS) is 12.2. The molecule has 0 aliphatic rings. The van der Waals surface area contributed by atoms with Gasteiger partial charge < -0.3 is 0 Å². The quantitative estimate of drug-likeness (QED) is 0.438. The molecular formula is C13H18NS2+. The van der Waals surface area contributed by atoms with Gasteiger partial charge in [0.25, 0.3) is 12.2 Å². The first-order valence-corrected chi connectivity index (χ1v) is 7.74. The van der Waals surface area contributed by atoms with E-state index in [1.807, 2.05) is 0 Å². The molecule has 16 heavy (non-hydrogen) atoms. The summed E-state index contributed by atoms with van der Waals surface area (Å²) in [5.41, 5.74) is 1.23. The molecule has 0 saturated heterocycles. The molecule has 0 fully saturated rings. The van der Waals surface area contributed by atoms with E-state index in [1.54, 1.807) is 0 Å². The van der Waals surface area contributed by atoms with Crippen molar-refractivity contribution < 1.29 is 0 Å². The van der Waals surface area contributed by atoms with E-state index in [0.29, 0.717) is 0 Å². The summed E-state index contributed by atoms with van der Waals surface area (Å²) in [4.78, 5) is 3.33. The fraction of sp³-hybridized carbons (Fsp3) is 0.462. The van der Waals surface area contributed by atoms with Crippen LogP contribution in [0.15, 0.2) is 24.3 Å². The third-order valence-electron chi connectivity index (χ3n) is 2.82. The smallest absolute Gasteiger partial charge is 0.298 e. The molecule has 0 spiro atoms. The van der Waals surface area contributed by atoms with Gasteiger partial charge in [0, 0.05) is 0 Å². The van der Waals surface area contributed by atoms with Crippen LogP contribution in [0.5, 0.6) is 0 Å². The molecule has 0 aliphatic carbocycles. The Morgan fingerprint density at radius 2 is 2.00 bits per heavy atom. The number of unbranched alkanes of at least 4 members (excludes halogenated alkanes) is 3. The van der Waals surface area contributed by atoms with Crippen LogP contribution in [0.4, 0.5) is 0 Å². The summed E-state index contributed by atoms with van der Waals surface area (Å²) in [7, 11) is 0.170. The molecule has 2 rings (SSSR count). The monoisotopic (exact) mass is 252 g/mol. The molecule has 1 nitrogen and oxygen atoms in total. The number of aromatic amines is 1. The topological polar surface area (TPSA) is 15.8 Å². The highest BCUT2D eigenvalue weighted by molar-refractivity contribution is 7.74. The van der Waals surface area contributed by atoms with Gasteiger partial charge in [0.15, 0.2) is 0 Å². The Morgan fingerprint density at radius 1 is 1.19 bits per heavy atom. The van der Waals surface area contributed by atoms with Crippen molar-refractivity contribution in [1.29, 1.82) is 0 Å². The summed E-state index contributed by atoms with van der Waals surface area (Å²) in [5, 5.41) is 0. The number of rotatable bonds is 5. The molecule has 3 heteroatoms. The lowest BCUT2D eigenvalue weighted by Crippen LogP contribution is -1.77. The van der Waals surface area contributed by atoms with E-state index in [0.717, 1.165) is 3.95 Å². The average Bonchev–Trinajstić information content (AvgIpc) is 2.61. The van der Waals surface area contributed by atoms with E-state index in [1.165, 1.54) is 41.7 Å². The third kappa shape index (κ3) is 2.53. The number of hydrogen-bond acceptors (Lipinski definition) is 1. The van der Waals surface area contributed by atoms with Crippen molar-refractivity contribution in [3.05, 3.63) is 28.2 Å². The largest absolute Gasteiger partial charge is 0.356 e. The minimum atomic E-state index is 0.170. The predicted octanol–water partition coefficient (Wildman–Crippen LogP) is 5.23. The van der Waals surface area contributed by atoms with Gasteiger partial charge in [0.1, 0.15) is 4.70 Å². The maximum absolute atomic E-state index is 5.42. The van der Waals surface area contributed by atoms with Crippen LogP contribution in [-0.2, 0) is 5.75 Å². The minimum Gasteiger partial charge on any atom is -0.298 e. The van der Waals surface area contributed by atoms with Crippen LogP contribution in [0, 0.1) is 3.95 Å². The molecule has 0 amide bonds. The molecule has 1 heterocycles. The van der Waals surface area contributed by atoms with Crippen molar-refractivity contribution in [3.8, 4) is 0 Å². The molecule has 1 atom stereocenters. The molecule has 86 valence electrons. The van der Waals surface area contributed by atoms with Gasteiger partial charge in [0.2, 0.25) is 0 Å². The molecule has 1 N–H and O–H groups in total. The fourth-order valence-electron chi connectivity index (χ4n) is 1.93. The number of hydrogen-bond donors (Lipinski definition) is 1. The van der Waals surface area contributed by atoms with Crippen molar-refractivity contribution in [2.45, 2.75) is 38.4 Å². The summed E-state index contributed by atoms with van der Waals surface area (Å²) in [6.45, 7) is 2.25. The zero-order valence-corrected chi connectivity index (χ0v) is 11.3. The number of nitrogens with one attached hydrogen (secondary N) is 1. The zero-order valence-electron chi connectivity index (χ0n) is 9.66. The van der Waals surface area contributed by atoms with Crippen molar-refractivity contribution in [2.75, 3.05) is 0 Å². The number of aromatic nitrogens is 1. The lowest BCUT2D eigenvalue weighted by atomic mass is 10.2. The molecule has 1 aromatic carbocycles. The number of benzene rings is 1. The summed E-state index contributed by atoms with van der Waals surface area (Å²) in [6.07, 6.45) is 5.28. The molecular weight excluding hydrogens is 234 g/mol. The van der Waals surface area contributed by atoms with Crippen LogP contribution in [-0.4, -0.2) is 4.98 Å². The van der Waals surface area contributed by atoms with E-state index < -0.39 is 0 Å². The molecule has 0 bridgehead atoms. The number of aryl methyl sites for hydroxylation is 1. The SMILES string of the molecule is CCCCCC[s+]1c(=S)[nH]c2ccccc21. The van der Waals surface area contributed by atoms with Crippen molar-refractivity contribution in [3.63, 3.8) is 0 Å². The summed E-state index contributed by atoms with van der Waals surface area (Å²) < 4.78 is 2.46. The minimum absolute atomic E-state index is 0.170. The second-order valence-electron chi connectivity index (χ2n) is 4.06. The van der Waals surface area contributed by atoms with Crippen molar-refractivity contribution >= 4 is 32.9 Å². The van der Waals surface area contributed by atoms with Crippen LogP contribution in [0.2, 0.25) is 0 Å². The first-order chi connectivity index (χ1) is 7.83. The average molecular weight is 252 g/mol. The Hall–Kier alpha value is -0.670. The Balaban J connectivity index is 2.16. The zero-order chi connectivity index (χ0) is 11.4. The highest BCUT2D eigenvalue weighted by atomic mass is 32.2. The van der Waals surface area contributed by atoms with Gasteiger partial charge in [-0.3, -0.25) is 4.98 Å². The Labute approximate surface area is 104 Å². The summed E-state index contributed by atoms with van der Waals surface area (Å²) in [5.74, 6) is 1.23. The van der Waals surface area contributed by atoms with Gasteiger partial charge in [0.05, 0.1) is 11.3 Å². The summed E-state index contributed by atoms with van der Waals surface area (Å²) in [6, 6.07) is 8.52. The molecule has 2 aromatic rings. The van der Waals surface area contributed by atoms with Crippen LogP contribution in [0.3, 0.4) is 0 Å². The van der Waals surface area contributed by atoms with Gasteiger partial charge in [-0.25, -0.2) is 0 Å². The van der Waals surface area contributed by atoms with Gasteiger partial charge in [-0.15, -0.1) is 0 Å². The van der Waals surface area contributed by atoms with E-state index in [-0.39, 0.29) is 10.5 Å². The summed E-state index contributed by atoms with van der Waals surface area (Å²) >= 11 is 5.42. The van der Waals surface area contributed by atoms with Gasteiger partial charge >= 0.3 is 3.95 Å². The number of thiazole rings is 1. The molecule has 0 radical (unpaired) electrons. The highest BCUT2D eigenvalue weighted by Gasteiger charge is 2.12. The predicted molar refractivity (Wildman–Crippen MR) is 75.8 cm³/mol. The van der Waals surface area contributed by atoms with E-state index in [9.17, 15) is 0 Å². The third-order valence-corrected chi connectivity index (χ3v) is 5.65. The Morgan fingerprint density at radius 3 is 2.81 bits per heavy atom. The molecule has 1 aromatic heterocycles. The van der Waals surface area contributed by atoms with Gasteiger partial charge in [-0.2, -0.15) is 0 Å². The second-order valence-corrected chi connectivity index (χ2v) is 6.77. The van der Waals surface area contributed by atoms with Crippen molar-refractivity contribution in [2.24, 2.45) is 0 Å². The lowest BCUT2D eigenvalue weighted by molar-refractivity contribution is 0.690. The van der Waals surface area contributed by atoms with E-state index in [2.05, 4.69) is 36.2 Å². The number of H-pyrrole nitrogens is 1. The van der Waals surface area contributed by atoms with Gasteiger partial charge in [-0.1, -0.05) is 38.3 Å². The lowest BCUT2D eigenvalue weighted by Gasteiger charge is -1.95. The number of fused-ring (bicyclic) bond motifs is 1. The van der Waals surface area contributed by atoms with Crippen LogP contribution >= 0.6 is 22.7 Å². The van der Waals surface area contributed by atoms with Crippen LogP contribution in [0.1, 0.15) is 32.6 Å².